The van der Waals surface area contributed by atoms with Gasteiger partial charge in [0, 0.05) is 195 Å². The Bertz CT molecular complexity index is 3240. The number of anilines is 4. The van der Waals surface area contributed by atoms with E-state index in [0.29, 0.717) is 51.7 Å². The van der Waals surface area contributed by atoms with Gasteiger partial charge in [-0.15, -0.1) is 0 Å². The van der Waals surface area contributed by atoms with Crippen molar-refractivity contribution in [2.75, 3.05) is 95.6 Å². The maximum Gasteiger partial charge on any atom is 0.242 e. The molecule has 0 fully saturated rings. The third kappa shape index (κ3) is 17.7. The van der Waals surface area contributed by atoms with Gasteiger partial charge in [-0.05, 0) is 131 Å². The Hall–Kier alpha value is -8.15. The van der Waals surface area contributed by atoms with Crippen molar-refractivity contribution >= 4 is 95.9 Å². The zero-order valence-electron chi connectivity index (χ0n) is 50.9. The lowest BCUT2D eigenvalue weighted by atomic mass is 10.1. The molecule has 0 aliphatic heterocycles. The summed E-state index contributed by atoms with van der Waals surface area (Å²) in [6.45, 7) is 2.99. The number of aromatic nitrogens is 3. The van der Waals surface area contributed by atoms with E-state index < -0.39 is 11.9 Å². The number of amides is 4. The van der Waals surface area contributed by atoms with Crippen LogP contribution >= 0.6 is 0 Å². The van der Waals surface area contributed by atoms with Crippen molar-refractivity contribution < 1.29 is 43.3 Å². The Morgan fingerprint density at radius 3 is 1.20 bits per heavy atom. The molecule has 0 bridgehead atoms. The molecule has 3 aromatic heterocycles. The Morgan fingerprint density at radius 2 is 0.786 bits per heavy atom. The highest BCUT2D eigenvalue weighted by Gasteiger charge is 2.23. The average Bonchev–Trinajstić information content (AvgIpc) is 2.27. The molecule has 6 N–H and O–H groups in total. The SMILES string of the molecule is CN(C)c1ccc2cc3ccc(N(C)C)cc3[n+](CCCCCC(=O)NCCCCCNC(=O)C(CCCCNC(=O)CCCC(=O)n3c(O)ccc3O)NC(=O)CCCCC[n+]3c4cc(N(C)C)ccc4cc4ccc(N(C)C)cc43)c2c1. The lowest BCUT2D eigenvalue weighted by Crippen LogP contribution is -2.47. The topological polar surface area (TPSA) is 200 Å². The summed E-state index contributed by atoms with van der Waals surface area (Å²) in [6.07, 6.45) is 9.93. The van der Waals surface area contributed by atoms with Crippen LogP contribution in [0.25, 0.3) is 43.6 Å². The van der Waals surface area contributed by atoms with Gasteiger partial charge < -0.3 is 51.1 Å². The molecule has 0 saturated heterocycles. The first-order chi connectivity index (χ1) is 40.4. The van der Waals surface area contributed by atoms with E-state index in [1.54, 1.807) is 0 Å². The molecule has 7 rings (SSSR count). The highest BCUT2D eigenvalue weighted by molar-refractivity contribution is 5.93. The number of nitrogens with zero attached hydrogens (tertiary/aromatic N) is 7. The summed E-state index contributed by atoms with van der Waals surface area (Å²) >= 11 is 0. The van der Waals surface area contributed by atoms with E-state index in [1.807, 2.05) is 28.2 Å². The number of aromatic hydroxyl groups is 2. The smallest absolute Gasteiger partial charge is 0.242 e. The Morgan fingerprint density at radius 1 is 0.417 bits per heavy atom. The molecule has 1 atom stereocenters. The number of hydrogen-bond donors (Lipinski definition) is 6. The molecule has 7 aromatic rings. The first-order valence-electron chi connectivity index (χ1n) is 30.1. The minimum atomic E-state index is -0.744. The summed E-state index contributed by atoms with van der Waals surface area (Å²) in [6, 6.07) is 32.6. The van der Waals surface area contributed by atoms with E-state index in [4.69, 9.17) is 0 Å². The largest absolute Gasteiger partial charge is 0.494 e. The van der Waals surface area contributed by atoms with Gasteiger partial charge >= 0.3 is 0 Å². The molecule has 450 valence electrons. The minimum absolute atomic E-state index is 0.0316. The van der Waals surface area contributed by atoms with Crippen LogP contribution in [0.4, 0.5) is 22.7 Å². The number of carbonyl (C=O) groups is 5. The summed E-state index contributed by atoms with van der Waals surface area (Å²) < 4.78 is 5.63. The summed E-state index contributed by atoms with van der Waals surface area (Å²) in [7, 11) is 16.4. The van der Waals surface area contributed by atoms with E-state index in [1.165, 1.54) is 44.7 Å². The molecule has 4 aromatic carbocycles. The Kier molecular flexibility index (Phi) is 23.4. The van der Waals surface area contributed by atoms with E-state index in [2.05, 4.69) is 163 Å². The lowest BCUT2D eigenvalue weighted by molar-refractivity contribution is -0.646. The number of nitrogens with one attached hydrogen (secondary N) is 4. The fourth-order valence-electron chi connectivity index (χ4n) is 10.8. The average molecular weight is 1150 g/mol. The molecule has 18 heteroatoms. The summed E-state index contributed by atoms with van der Waals surface area (Å²) in [4.78, 5) is 73.6. The fraction of sp³-hybridized carbons (Fsp3) is 0.470. The molecule has 4 amide bonds. The van der Waals surface area contributed by atoms with Crippen LogP contribution in [0.15, 0.2) is 97.1 Å². The third-order valence-corrected chi connectivity index (χ3v) is 15.7. The van der Waals surface area contributed by atoms with Gasteiger partial charge in [-0.2, -0.15) is 9.13 Å². The minimum Gasteiger partial charge on any atom is -0.494 e. The van der Waals surface area contributed by atoms with Crippen LogP contribution in [-0.4, -0.2) is 126 Å². The van der Waals surface area contributed by atoms with Crippen molar-refractivity contribution in [1.29, 1.82) is 0 Å². The number of fused-ring (bicyclic) bond motifs is 4. The molecule has 0 radical (unpaired) electrons. The van der Waals surface area contributed by atoms with Crippen molar-refractivity contribution in [1.82, 2.24) is 25.8 Å². The van der Waals surface area contributed by atoms with Crippen molar-refractivity contribution in [3.8, 4) is 11.8 Å². The quantitative estimate of drug-likeness (QED) is 0.0131. The first kappa shape index (κ1) is 63.4. The van der Waals surface area contributed by atoms with Crippen LogP contribution < -0.4 is 50.0 Å². The fourth-order valence-corrected chi connectivity index (χ4v) is 10.8. The Labute approximate surface area is 495 Å². The molecule has 0 aliphatic carbocycles. The number of hydrogen-bond acceptors (Lipinski definition) is 11. The molecular formula is C66H91N11O7+2. The number of rotatable bonds is 33. The van der Waals surface area contributed by atoms with Crippen LogP contribution in [-0.2, 0) is 32.3 Å². The van der Waals surface area contributed by atoms with Crippen LogP contribution in [0.5, 0.6) is 11.8 Å². The van der Waals surface area contributed by atoms with E-state index in [0.717, 1.165) is 103 Å². The van der Waals surface area contributed by atoms with Crippen LogP contribution in [0.3, 0.4) is 0 Å². The van der Waals surface area contributed by atoms with Gasteiger partial charge in [0.2, 0.25) is 63.4 Å². The number of unbranched alkanes of at least 4 members (excludes halogenated alkanes) is 7. The highest BCUT2D eigenvalue weighted by Crippen LogP contribution is 2.28. The standard InChI is InChI=1S/C66H89N11O7/c1-71(2)51-30-26-47-41-48-27-31-52(72(3)4)44-57(48)75(56(47)43-51)39-18-9-12-22-60(78)67-36-15-11-16-38-69-66(84)55(21-14-17-37-68-61(79)24-20-25-63(81)77-64(82)34-35-65(77)83)70-62(80)23-13-10-19-40-76-58-45-53(73(5)6)32-28-49(58)42-50-29-33-54(74(7)8)46-59(50)76/h26-35,41-46,55H,9-25,36-40H2,1-8H3,(H4-2,67,68,69,70,78,79,80,82,83,84)/p+2. The molecule has 3 heterocycles. The van der Waals surface area contributed by atoms with Crippen LogP contribution in [0.1, 0.15) is 114 Å². The second-order valence-electron chi connectivity index (χ2n) is 23.1. The van der Waals surface area contributed by atoms with Crippen molar-refractivity contribution in [3.63, 3.8) is 0 Å². The van der Waals surface area contributed by atoms with Gasteiger partial charge in [0.05, 0.1) is 0 Å². The maximum atomic E-state index is 13.7. The zero-order valence-corrected chi connectivity index (χ0v) is 50.9. The molecule has 0 aliphatic rings. The van der Waals surface area contributed by atoms with E-state index in [9.17, 15) is 34.2 Å². The molecule has 18 nitrogen and oxygen atoms in total. The van der Waals surface area contributed by atoms with Gasteiger partial charge in [0.15, 0.2) is 0 Å². The number of benzene rings is 4. The second-order valence-corrected chi connectivity index (χ2v) is 23.1. The summed E-state index contributed by atoms with van der Waals surface area (Å²) in [5.41, 5.74) is 9.26. The summed E-state index contributed by atoms with van der Waals surface area (Å²) in [5.74, 6) is -1.85. The van der Waals surface area contributed by atoms with Gasteiger partial charge in [-0.25, -0.2) is 4.57 Å². The zero-order chi connectivity index (χ0) is 60.3. The monoisotopic (exact) mass is 1150 g/mol. The third-order valence-electron chi connectivity index (χ3n) is 15.7. The van der Waals surface area contributed by atoms with Gasteiger partial charge in [0.1, 0.15) is 19.1 Å². The van der Waals surface area contributed by atoms with Crippen LogP contribution in [0, 0.1) is 0 Å². The maximum absolute atomic E-state index is 13.7. The molecule has 1 unspecified atom stereocenters. The number of aryl methyl sites for hydroxylation is 2. The van der Waals surface area contributed by atoms with E-state index in [-0.39, 0.29) is 61.1 Å². The molecule has 0 saturated carbocycles. The lowest BCUT2D eigenvalue weighted by Gasteiger charge is -2.19. The van der Waals surface area contributed by atoms with Crippen molar-refractivity contribution in [3.05, 3.63) is 97.1 Å². The predicted molar refractivity (Wildman–Crippen MR) is 338 cm³/mol. The van der Waals surface area contributed by atoms with Gasteiger partial charge in [0.25, 0.3) is 0 Å². The van der Waals surface area contributed by atoms with Gasteiger partial charge in [-0.3, -0.25) is 24.0 Å². The summed E-state index contributed by atoms with van der Waals surface area (Å²) in [5, 5.41) is 36.4. The molecule has 84 heavy (non-hydrogen) atoms. The number of pyridine rings is 2. The van der Waals surface area contributed by atoms with Crippen molar-refractivity contribution in [2.24, 2.45) is 0 Å². The second kappa shape index (κ2) is 30.9. The Balaban J connectivity index is 0.843. The predicted octanol–water partition coefficient (Wildman–Crippen LogP) is 8.86. The van der Waals surface area contributed by atoms with E-state index >= 15 is 0 Å². The molecular weight excluding hydrogens is 1060 g/mol. The highest BCUT2D eigenvalue weighted by atomic mass is 16.3. The number of carbonyl (C=O) groups excluding carboxylic acids is 5. The van der Waals surface area contributed by atoms with Crippen LogP contribution in [0.2, 0.25) is 0 Å². The van der Waals surface area contributed by atoms with Crippen molar-refractivity contribution in [2.45, 2.75) is 128 Å². The molecule has 0 spiro atoms. The first-order valence-corrected chi connectivity index (χ1v) is 30.1. The normalized spacial score (nSPS) is 11.7. The van der Waals surface area contributed by atoms with Gasteiger partial charge in [-0.1, -0.05) is 0 Å².